The predicted octanol–water partition coefficient (Wildman–Crippen LogP) is 3.70. The van der Waals surface area contributed by atoms with Gasteiger partial charge in [0.2, 0.25) is 0 Å². The van der Waals surface area contributed by atoms with Crippen molar-refractivity contribution in [2.75, 3.05) is 5.32 Å². The van der Waals surface area contributed by atoms with E-state index in [1.165, 1.54) is 25.7 Å². The van der Waals surface area contributed by atoms with Gasteiger partial charge in [0.05, 0.1) is 18.3 Å². The Hall–Kier alpha value is -1.91. The van der Waals surface area contributed by atoms with E-state index in [0.29, 0.717) is 12.6 Å². The summed E-state index contributed by atoms with van der Waals surface area (Å²) in [5.74, 6) is 1.71. The molecule has 1 aliphatic rings. The van der Waals surface area contributed by atoms with Crippen LogP contribution in [0.3, 0.4) is 0 Å². The van der Waals surface area contributed by atoms with E-state index in [9.17, 15) is 0 Å². The fraction of sp³-hybridized carbons (Fsp3) is 0.588. The van der Waals surface area contributed by atoms with E-state index < -0.39 is 0 Å². The molecule has 0 amide bonds. The molecular weight excluding hydrogens is 274 g/mol. The summed E-state index contributed by atoms with van der Waals surface area (Å²) in [5.41, 5.74) is 1.02. The molecule has 1 saturated carbocycles. The number of nitrogens with one attached hydrogen (secondary N) is 1. The molecule has 1 fully saturated rings. The van der Waals surface area contributed by atoms with E-state index in [-0.39, 0.29) is 5.41 Å². The fourth-order valence-electron chi connectivity index (χ4n) is 2.84. The molecule has 2 aromatic rings. The first kappa shape index (κ1) is 15.0. The lowest BCUT2D eigenvalue weighted by Gasteiger charge is -2.17. The first-order valence-corrected chi connectivity index (χ1v) is 8.14. The molecule has 2 aromatic heterocycles. The van der Waals surface area contributed by atoms with Crippen molar-refractivity contribution in [1.82, 2.24) is 19.7 Å². The number of hydrogen-bond donors (Lipinski definition) is 1. The minimum Gasteiger partial charge on any atom is -0.364 e. The number of nitrogens with zero attached hydrogens (tertiary/aromatic N) is 4. The molecule has 22 heavy (non-hydrogen) atoms. The molecule has 0 spiro atoms. The Morgan fingerprint density at radius 2 is 2.00 bits per heavy atom. The van der Waals surface area contributed by atoms with Gasteiger partial charge in [-0.15, -0.1) is 0 Å². The summed E-state index contributed by atoms with van der Waals surface area (Å²) >= 11 is 0. The zero-order valence-corrected chi connectivity index (χ0v) is 13.7. The van der Waals surface area contributed by atoms with Crippen molar-refractivity contribution in [2.45, 2.75) is 64.5 Å². The van der Waals surface area contributed by atoms with E-state index in [1.807, 2.05) is 12.3 Å². The average Bonchev–Trinajstić information content (AvgIpc) is 3.15. The minimum atomic E-state index is -0.0399. The van der Waals surface area contributed by atoms with Crippen LogP contribution in [-0.2, 0) is 12.0 Å². The Morgan fingerprint density at radius 3 is 2.73 bits per heavy atom. The van der Waals surface area contributed by atoms with E-state index >= 15 is 0 Å². The van der Waals surface area contributed by atoms with Gasteiger partial charge in [-0.1, -0.05) is 33.6 Å². The summed E-state index contributed by atoms with van der Waals surface area (Å²) in [6, 6.07) is 4.60. The third-order valence-corrected chi connectivity index (χ3v) is 4.14. The molecule has 5 heteroatoms. The first-order valence-electron chi connectivity index (χ1n) is 8.14. The lowest BCUT2D eigenvalue weighted by atomic mass is 9.96. The number of anilines is 1. The summed E-state index contributed by atoms with van der Waals surface area (Å²) in [5, 5.41) is 8.04. The highest BCUT2D eigenvalue weighted by Gasteiger charge is 2.18. The highest BCUT2D eigenvalue weighted by atomic mass is 15.3. The van der Waals surface area contributed by atoms with Crippen LogP contribution >= 0.6 is 0 Å². The molecule has 0 aliphatic heterocycles. The van der Waals surface area contributed by atoms with Crippen LogP contribution in [0.4, 0.5) is 5.82 Å². The van der Waals surface area contributed by atoms with Gasteiger partial charge >= 0.3 is 0 Å². The van der Waals surface area contributed by atoms with Gasteiger partial charge in [-0.3, -0.25) is 4.68 Å². The van der Waals surface area contributed by atoms with Crippen LogP contribution in [0.1, 0.15) is 64.0 Å². The Kier molecular flexibility index (Phi) is 4.14. The molecule has 0 saturated heterocycles. The van der Waals surface area contributed by atoms with Gasteiger partial charge in [-0.25, -0.2) is 9.97 Å². The zero-order valence-electron chi connectivity index (χ0n) is 13.7. The number of rotatable bonds is 4. The molecule has 0 bridgehead atoms. The quantitative estimate of drug-likeness (QED) is 0.935. The van der Waals surface area contributed by atoms with Crippen molar-refractivity contribution in [1.29, 1.82) is 0 Å². The van der Waals surface area contributed by atoms with Gasteiger partial charge in [0.15, 0.2) is 0 Å². The Labute approximate surface area is 132 Å². The van der Waals surface area contributed by atoms with Crippen LogP contribution in [0.15, 0.2) is 24.5 Å². The fourth-order valence-corrected chi connectivity index (χ4v) is 2.84. The van der Waals surface area contributed by atoms with E-state index in [1.54, 1.807) is 0 Å². The van der Waals surface area contributed by atoms with Crippen LogP contribution in [0.25, 0.3) is 0 Å². The minimum absolute atomic E-state index is 0.0399. The Morgan fingerprint density at radius 1 is 1.23 bits per heavy atom. The molecule has 118 valence electrons. The molecule has 0 radical (unpaired) electrons. The van der Waals surface area contributed by atoms with Gasteiger partial charge < -0.3 is 5.32 Å². The lowest BCUT2D eigenvalue weighted by Crippen LogP contribution is -2.17. The SMILES string of the molecule is CC(C)(C)c1nccc(NCc2ccn(C3CCCC3)n2)n1. The van der Waals surface area contributed by atoms with Gasteiger partial charge in [0.1, 0.15) is 11.6 Å². The summed E-state index contributed by atoms with van der Waals surface area (Å²) in [6.45, 7) is 7.06. The van der Waals surface area contributed by atoms with Crippen molar-refractivity contribution >= 4 is 5.82 Å². The summed E-state index contributed by atoms with van der Waals surface area (Å²) in [4.78, 5) is 8.94. The van der Waals surface area contributed by atoms with Crippen LogP contribution in [-0.4, -0.2) is 19.7 Å². The van der Waals surface area contributed by atoms with Crippen molar-refractivity contribution in [3.8, 4) is 0 Å². The van der Waals surface area contributed by atoms with E-state index in [0.717, 1.165) is 17.3 Å². The standard InChI is InChI=1S/C17H25N5/c1-17(2,3)16-18-10-8-15(20-16)19-12-13-9-11-22(21-13)14-6-4-5-7-14/h8-11,14H,4-7,12H2,1-3H3,(H,18,19,20). The second-order valence-corrected chi connectivity index (χ2v) is 7.09. The molecule has 2 heterocycles. The smallest absolute Gasteiger partial charge is 0.135 e. The Bertz CT molecular complexity index is 620. The van der Waals surface area contributed by atoms with Gasteiger partial charge in [-0.2, -0.15) is 5.10 Å². The van der Waals surface area contributed by atoms with Gasteiger partial charge in [0.25, 0.3) is 0 Å². The maximum atomic E-state index is 4.69. The number of hydrogen-bond acceptors (Lipinski definition) is 4. The normalized spacial score (nSPS) is 16.1. The second-order valence-electron chi connectivity index (χ2n) is 7.09. The highest BCUT2D eigenvalue weighted by Crippen LogP contribution is 2.28. The van der Waals surface area contributed by atoms with Crippen molar-refractivity contribution in [3.63, 3.8) is 0 Å². The van der Waals surface area contributed by atoms with Gasteiger partial charge in [-0.05, 0) is 25.0 Å². The van der Waals surface area contributed by atoms with Crippen molar-refractivity contribution < 1.29 is 0 Å². The van der Waals surface area contributed by atoms with Crippen LogP contribution in [0, 0.1) is 0 Å². The lowest BCUT2D eigenvalue weighted by molar-refractivity contribution is 0.463. The van der Waals surface area contributed by atoms with Crippen LogP contribution in [0.5, 0.6) is 0 Å². The molecule has 3 rings (SSSR count). The van der Waals surface area contributed by atoms with Crippen molar-refractivity contribution in [2.24, 2.45) is 0 Å². The highest BCUT2D eigenvalue weighted by molar-refractivity contribution is 5.34. The van der Waals surface area contributed by atoms with Crippen molar-refractivity contribution in [3.05, 3.63) is 36.0 Å². The third kappa shape index (κ3) is 3.46. The summed E-state index contributed by atoms with van der Waals surface area (Å²) < 4.78 is 2.13. The molecule has 0 atom stereocenters. The molecule has 1 N–H and O–H groups in total. The second kappa shape index (κ2) is 6.07. The summed E-state index contributed by atoms with van der Waals surface area (Å²) in [7, 11) is 0. The average molecular weight is 299 g/mol. The molecule has 0 unspecified atom stereocenters. The molecule has 5 nitrogen and oxygen atoms in total. The predicted molar refractivity (Wildman–Crippen MR) is 87.8 cm³/mol. The maximum absolute atomic E-state index is 4.69. The van der Waals surface area contributed by atoms with Crippen LogP contribution < -0.4 is 5.32 Å². The Balaban J connectivity index is 1.63. The molecular formula is C17H25N5. The topological polar surface area (TPSA) is 55.6 Å². The molecule has 0 aromatic carbocycles. The van der Waals surface area contributed by atoms with E-state index in [4.69, 9.17) is 0 Å². The maximum Gasteiger partial charge on any atom is 0.135 e. The monoisotopic (exact) mass is 299 g/mol. The van der Waals surface area contributed by atoms with Crippen LogP contribution in [0.2, 0.25) is 0 Å². The number of aromatic nitrogens is 4. The first-order chi connectivity index (χ1) is 10.5. The summed E-state index contributed by atoms with van der Waals surface area (Å²) in [6.07, 6.45) is 9.09. The van der Waals surface area contributed by atoms with E-state index in [2.05, 4.69) is 58.1 Å². The zero-order chi connectivity index (χ0) is 15.6. The molecule has 1 aliphatic carbocycles. The van der Waals surface area contributed by atoms with Gasteiger partial charge in [0, 0.05) is 17.8 Å². The third-order valence-electron chi connectivity index (χ3n) is 4.14. The largest absolute Gasteiger partial charge is 0.364 e.